The summed E-state index contributed by atoms with van der Waals surface area (Å²) in [4.78, 5) is 2.54. The SMILES string of the molecule is COc1ccc(CN2CC[C@]3(c4ccc(OC)c(OC)c4)CC[C@H](O)C[C@H]23)cc1. The summed E-state index contributed by atoms with van der Waals surface area (Å²) in [5.41, 5.74) is 2.61. The second-order valence-electron chi connectivity index (χ2n) is 8.24. The van der Waals surface area contributed by atoms with Crippen molar-refractivity contribution in [2.24, 2.45) is 0 Å². The molecule has 1 N–H and O–H groups in total. The molecule has 1 aliphatic carbocycles. The predicted octanol–water partition coefficient (Wildman–Crippen LogP) is 3.77. The van der Waals surface area contributed by atoms with Gasteiger partial charge in [-0.15, -0.1) is 0 Å². The molecule has 156 valence electrons. The van der Waals surface area contributed by atoms with E-state index in [0.29, 0.717) is 6.04 Å². The molecule has 1 saturated carbocycles. The number of aliphatic hydroxyl groups excluding tert-OH is 1. The van der Waals surface area contributed by atoms with Crippen molar-refractivity contribution in [3.05, 3.63) is 53.6 Å². The molecule has 0 aromatic heterocycles. The van der Waals surface area contributed by atoms with Crippen LogP contribution in [0.15, 0.2) is 42.5 Å². The van der Waals surface area contributed by atoms with Gasteiger partial charge in [0.1, 0.15) is 5.75 Å². The van der Waals surface area contributed by atoms with Gasteiger partial charge in [-0.3, -0.25) is 4.90 Å². The third-order valence-electron chi connectivity index (χ3n) is 6.85. The molecule has 1 saturated heterocycles. The van der Waals surface area contributed by atoms with Gasteiger partial charge >= 0.3 is 0 Å². The van der Waals surface area contributed by atoms with Gasteiger partial charge in [-0.25, -0.2) is 0 Å². The summed E-state index contributed by atoms with van der Waals surface area (Å²) in [5.74, 6) is 2.41. The van der Waals surface area contributed by atoms with E-state index in [1.54, 1.807) is 21.3 Å². The molecule has 2 fully saturated rings. The molecule has 0 radical (unpaired) electrons. The van der Waals surface area contributed by atoms with Crippen LogP contribution in [-0.4, -0.2) is 50.0 Å². The summed E-state index contributed by atoms with van der Waals surface area (Å²) in [6.45, 7) is 1.91. The Morgan fingerprint density at radius 3 is 2.41 bits per heavy atom. The van der Waals surface area contributed by atoms with Gasteiger partial charge in [0.2, 0.25) is 0 Å². The molecule has 2 aromatic rings. The van der Waals surface area contributed by atoms with Gasteiger partial charge in [0.25, 0.3) is 0 Å². The van der Waals surface area contributed by atoms with E-state index in [2.05, 4.69) is 29.2 Å². The monoisotopic (exact) mass is 397 g/mol. The predicted molar refractivity (Wildman–Crippen MR) is 113 cm³/mol. The highest BCUT2D eigenvalue weighted by Gasteiger charge is 2.51. The molecule has 2 aromatic carbocycles. The molecule has 2 aliphatic rings. The first-order valence-electron chi connectivity index (χ1n) is 10.4. The molecule has 0 amide bonds. The van der Waals surface area contributed by atoms with Gasteiger partial charge in [-0.05, 0) is 67.6 Å². The minimum Gasteiger partial charge on any atom is -0.497 e. The molecule has 5 heteroatoms. The Labute approximate surface area is 173 Å². The van der Waals surface area contributed by atoms with Crippen LogP contribution in [0.4, 0.5) is 0 Å². The van der Waals surface area contributed by atoms with E-state index in [9.17, 15) is 5.11 Å². The van der Waals surface area contributed by atoms with E-state index in [0.717, 1.165) is 56.0 Å². The number of aliphatic hydroxyl groups is 1. The van der Waals surface area contributed by atoms with Gasteiger partial charge in [0, 0.05) is 18.0 Å². The second-order valence-corrected chi connectivity index (χ2v) is 8.24. The van der Waals surface area contributed by atoms with Crippen molar-refractivity contribution in [2.75, 3.05) is 27.9 Å². The number of hydrogen-bond donors (Lipinski definition) is 1. The molecule has 0 unspecified atom stereocenters. The number of ether oxygens (including phenoxy) is 3. The van der Waals surface area contributed by atoms with Gasteiger partial charge < -0.3 is 19.3 Å². The van der Waals surface area contributed by atoms with Crippen molar-refractivity contribution in [1.29, 1.82) is 0 Å². The van der Waals surface area contributed by atoms with Gasteiger partial charge in [-0.1, -0.05) is 18.2 Å². The molecule has 0 spiro atoms. The van der Waals surface area contributed by atoms with Crippen LogP contribution < -0.4 is 14.2 Å². The number of benzene rings is 2. The fourth-order valence-electron chi connectivity index (χ4n) is 5.26. The zero-order valence-corrected chi connectivity index (χ0v) is 17.6. The fourth-order valence-corrected chi connectivity index (χ4v) is 5.26. The van der Waals surface area contributed by atoms with E-state index in [-0.39, 0.29) is 11.5 Å². The van der Waals surface area contributed by atoms with Crippen LogP contribution >= 0.6 is 0 Å². The number of methoxy groups -OCH3 is 3. The van der Waals surface area contributed by atoms with E-state index in [1.807, 2.05) is 18.2 Å². The Morgan fingerprint density at radius 1 is 0.966 bits per heavy atom. The Hall–Kier alpha value is -2.24. The minimum absolute atomic E-state index is 0.0469. The smallest absolute Gasteiger partial charge is 0.161 e. The quantitative estimate of drug-likeness (QED) is 0.804. The molecule has 0 bridgehead atoms. The standard InChI is InChI=1S/C24H31NO4/c1-27-20-7-4-17(5-8-20)16-25-13-12-24(11-10-19(26)15-23(24)25)18-6-9-21(28-2)22(14-18)29-3/h4-9,14,19,23,26H,10-13,15-16H2,1-3H3/t19-,23-,24-/m0/s1. The molecule has 4 rings (SSSR count). The van der Waals surface area contributed by atoms with Crippen molar-refractivity contribution < 1.29 is 19.3 Å². The lowest BCUT2D eigenvalue weighted by molar-refractivity contribution is 0.0466. The van der Waals surface area contributed by atoms with Crippen LogP contribution in [0.25, 0.3) is 0 Å². The largest absolute Gasteiger partial charge is 0.497 e. The third kappa shape index (κ3) is 3.69. The van der Waals surface area contributed by atoms with Gasteiger partial charge in [0.05, 0.1) is 27.4 Å². The van der Waals surface area contributed by atoms with Gasteiger partial charge in [-0.2, -0.15) is 0 Å². The summed E-state index contributed by atoms with van der Waals surface area (Å²) >= 11 is 0. The number of rotatable bonds is 6. The maximum Gasteiger partial charge on any atom is 0.161 e. The zero-order chi connectivity index (χ0) is 20.4. The van der Waals surface area contributed by atoms with E-state index >= 15 is 0 Å². The van der Waals surface area contributed by atoms with Crippen LogP contribution in [0.3, 0.4) is 0 Å². The van der Waals surface area contributed by atoms with E-state index < -0.39 is 0 Å². The summed E-state index contributed by atoms with van der Waals surface area (Å²) in [7, 11) is 5.05. The van der Waals surface area contributed by atoms with Crippen molar-refractivity contribution in [3.63, 3.8) is 0 Å². The molecular weight excluding hydrogens is 366 g/mol. The Kier molecular flexibility index (Phi) is 5.70. The molecular formula is C24H31NO4. The van der Waals surface area contributed by atoms with Crippen LogP contribution in [0.5, 0.6) is 17.2 Å². The molecule has 5 nitrogen and oxygen atoms in total. The molecule has 3 atom stereocenters. The highest BCUT2D eigenvalue weighted by Crippen LogP contribution is 2.50. The highest BCUT2D eigenvalue weighted by molar-refractivity contribution is 5.46. The summed E-state index contributed by atoms with van der Waals surface area (Å²) < 4.78 is 16.3. The summed E-state index contributed by atoms with van der Waals surface area (Å²) in [6, 6.07) is 14.9. The molecule has 1 aliphatic heterocycles. The van der Waals surface area contributed by atoms with Crippen LogP contribution in [-0.2, 0) is 12.0 Å². The fraction of sp³-hybridized carbons (Fsp3) is 0.500. The number of hydrogen-bond acceptors (Lipinski definition) is 5. The van der Waals surface area contributed by atoms with Crippen molar-refractivity contribution in [1.82, 2.24) is 4.90 Å². The maximum atomic E-state index is 10.5. The van der Waals surface area contributed by atoms with Crippen molar-refractivity contribution in [2.45, 2.75) is 49.8 Å². The normalized spacial score (nSPS) is 26.8. The molecule has 1 heterocycles. The molecule has 29 heavy (non-hydrogen) atoms. The van der Waals surface area contributed by atoms with Crippen LogP contribution in [0, 0.1) is 0 Å². The van der Waals surface area contributed by atoms with Crippen LogP contribution in [0.1, 0.15) is 36.8 Å². The Morgan fingerprint density at radius 2 is 1.72 bits per heavy atom. The topological polar surface area (TPSA) is 51.2 Å². The average molecular weight is 398 g/mol. The first-order chi connectivity index (χ1) is 14.1. The Balaban J connectivity index is 1.63. The minimum atomic E-state index is -0.232. The summed E-state index contributed by atoms with van der Waals surface area (Å²) in [6.07, 6.45) is 3.51. The lowest BCUT2D eigenvalue weighted by Crippen LogP contribution is -2.48. The van der Waals surface area contributed by atoms with E-state index in [4.69, 9.17) is 14.2 Å². The number of likely N-dealkylation sites (tertiary alicyclic amines) is 1. The first kappa shape index (κ1) is 20.0. The lowest BCUT2D eigenvalue weighted by Gasteiger charge is -2.44. The lowest BCUT2D eigenvalue weighted by atomic mass is 9.65. The van der Waals surface area contributed by atoms with Crippen LogP contribution in [0.2, 0.25) is 0 Å². The number of nitrogens with zero attached hydrogens (tertiary/aromatic N) is 1. The highest BCUT2D eigenvalue weighted by atomic mass is 16.5. The maximum absolute atomic E-state index is 10.5. The zero-order valence-electron chi connectivity index (χ0n) is 17.6. The Bertz CT molecular complexity index is 837. The number of fused-ring (bicyclic) bond motifs is 1. The first-order valence-corrected chi connectivity index (χ1v) is 10.4. The summed E-state index contributed by atoms with van der Waals surface area (Å²) in [5, 5.41) is 10.5. The van der Waals surface area contributed by atoms with Crippen molar-refractivity contribution >= 4 is 0 Å². The second kappa shape index (κ2) is 8.25. The van der Waals surface area contributed by atoms with Gasteiger partial charge in [0.15, 0.2) is 11.5 Å². The van der Waals surface area contributed by atoms with Crippen molar-refractivity contribution in [3.8, 4) is 17.2 Å². The average Bonchev–Trinajstić information content (AvgIpc) is 3.12. The van der Waals surface area contributed by atoms with E-state index in [1.165, 1.54) is 11.1 Å². The third-order valence-corrected chi connectivity index (χ3v) is 6.85.